The molecule has 1 aromatic rings. The summed E-state index contributed by atoms with van der Waals surface area (Å²) >= 11 is 4.92. The molecule has 0 N–H and O–H groups in total. The lowest BCUT2D eigenvalue weighted by Crippen LogP contribution is -2.60. The second kappa shape index (κ2) is 5.17. The number of rotatable bonds is 2. The molecular formula is C18H18BrN3O3S. The number of ether oxygens (including phenoxy) is 1. The minimum absolute atomic E-state index is 0.104. The van der Waals surface area contributed by atoms with Crippen LogP contribution in [0.15, 0.2) is 22.7 Å². The molecule has 3 aliphatic heterocycles. The molecule has 2 amide bonds. The molecule has 4 atom stereocenters. The summed E-state index contributed by atoms with van der Waals surface area (Å²) in [6.07, 6.45) is 0.306. The van der Waals surface area contributed by atoms with Gasteiger partial charge in [0, 0.05) is 17.9 Å². The Bertz CT molecular complexity index is 902. The average molecular weight is 436 g/mol. The molecule has 2 bridgehead atoms. The van der Waals surface area contributed by atoms with E-state index in [-0.39, 0.29) is 11.8 Å². The molecule has 6 nitrogen and oxygen atoms in total. The van der Waals surface area contributed by atoms with E-state index in [2.05, 4.69) is 22.0 Å². The molecule has 4 rings (SSSR count). The van der Waals surface area contributed by atoms with Crippen LogP contribution in [-0.2, 0) is 9.59 Å². The van der Waals surface area contributed by atoms with Crippen molar-refractivity contribution >= 4 is 39.5 Å². The number of methoxy groups -OCH3 is 1. The summed E-state index contributed by atoms with van der Waals surface area (Å²) in [7, 11) is 3.24. The maximum absolute atomic E-state index is 13.3. The van der Waals surface area contributed by atoms with Crippen molar-refractivity contribution in [1.82, 2.24) is 9.80 Å². The summed E-state index contributed by atoms with van der Waals surface area (Å²) in [4.78, 5) is 27.7. The van der Waals surface area contributed by atoms with Gasteiger partial charge in [-0.2, -0.15) is 5.26 Å². The summed E-state index contributed by atoms with van der Waals surface area (Å²) in [5.41, 5.74) is -0.106. The first-order valence-corrected chi connectivity index (χ1v) is 9.82. The molecule has 0 aromatic heterocycles. The Morgan fingerprint density at radius 2 is 2.04 bits per heavy atom. The highest BCUT2D eigenvalue weighted by Gasteiger charge is 2.78. The average Bonchev–Trinajstić information content (AvgIpc) is 3.08. The third-order valence-corrected chi connectivity index (χ3v) is 8.29. The molecule has 3 heterocycles. The molecule has 8 heteroatoms. The van der Waals surface area contributed by atoms with Crippen LogP contribution in [0.3, 0.4) is 0 Å². The van der Waals surface area contributed by atoms with Crippen LogP contribution in [0.1, 0.15) is 31.9 Å². The number of hydrogen-bond donors (Lipinski definition) is 0. The number of amides is 2. The lowest BCUT2D eigenvalue weighted by Gasteiger charge is -2.40. The lowest BCUT2D eigenvalue weighted by molar-refractivity contribution is -0.159. The van der Waals surface area contributed by atoms with E-state index in [1.165, 1.54) is 16.7 Å². The summed E-state index contributed by atoms with van der Waals surface area (Å²) < 4.78 is 6.13. The molecule has 0 unspecified atom stereocenters. The zero-order valence-electron chi connectivity index (χ0n) is 14.9. The minimum atomic E-state index is -1.02. The second-order valence-electron chi connectivity index (χ2n) is 7.40. The SMILES string of the molecule is COc1ccc(Br)c([C@@H]2N3C(=O)[C@]4(C)S[C@@]3(C[C@]2(C)C#N)C(=O)N4C)c1. The van der Waals surface area contributed by atoms with Crippen molar-refractivity contribution in [1.29, 1.82) is 5.26 Å². The van der Waals surface area contributed by atoms with E-state index in [1.807, 2.05) is 25.1 Å². The largest absolute Gasteiger partial charge is 0.497 e. The van der Waals surface area contributed by atoms with Crippen molar-refractivity contribution < 1.29 is 14.3 Å². The molecule has 3 saturated heterocycles. The number of hydrogen-bond acceptors (Lipinski definition) is 5. The lowest BCUT2D eigenvalue weighted by atomic mass is 9.79. The van der Waals surface area contributed by atoms with Gasteiger partial charge in [-0.25, -0.2) is 0 Å². The fraction of sp³-hybridized carbons (Fsp3) is 0.500. The smallest absolute Gasteiger partial charge is 0.261 e. The van der Waals surface area contributed by atoms with Crippen molar-refractivity contribution in [2.75, 3.05) is 14.2 Å². The van der Waals surface area contributed by atoms with E-state index in [1.54, 1.807) is 26.0 Å². The minimum Gasteiger partial charge on any atom is -0.497 e. The maximum atomic E-state index is 13.3. The van der Waals surface area contributed by atoms with Gasteiger partial charge in [-0.1, -0.05) is 27.7 Å². The summed E-state index contributed by atoms with van der Waals surface area (Å²) in [6.45, 7) is 3.61. The fourth-order valence-corrected chi connectivity index (χ4v) is 6.88. The van der Waals surface area contributed by atoms with Crippen molar-refractivity contribution in [3.63, 3.8) is 0 Å². The van der Waals surface area contributed by atoms with Gasteiger partial charge in [0.05, 0.1) is 24.6 Å². The molecule has 0 saturated carbocycles. The van der Waals surface area contributed by atoms with Gasteiger partial charge < -0.3 is 14.5 Å². The monoisotopic (exact) mass is 435 g/mol. The van der Waals surface area contributed by atoms with Crippen LogP contribution in [-0.4, -0.2) is 45.5 Å². The van der Waals surface area contributed by atoms with E-state index in [4.69, 9.17) is 4.74 Å². The molecule has 0 radical (unpaired) electrons. The zero-order valence-corrected chi connectivity index (χ0v) is 17.3. The number of piperazine rings is 1. The summed E-state index contributed by atoms with van der Waals surface area (Å²) in [5.74, 6) is 0.416. The van der Waals surface area contributed by atoms with Crippen LogP contribution < -0.4 is 4.74 Å². The van der Waals surface area contributed by atoms with Crippen LogP contribution in [0.25, 0.3) is 0 Å². The van der Waals surface area contributed by atoms with Crippen LogP contribution in [0.4, 0.5) is 0 Å². The Hall–Kier alpha value is -1.72. The van der Waals surface area contributed by atoms with E-state index in [0.717, 1.165) is 10.0 Å². The fourth-order valence-electron chi connectivity index (χ4n) is 4.47. The summed E-state index contributed by atoms with van der Waals surface area (Å²) in [6, 6.07) is 7.35. The van der Waals surface area contributed by atoms with E-state index < -0.39 is 21.2 Å². The van der Waals surface area contributed by atoms with Crippen molar-refractivity contribution in [2.45, 2.75) is 36.1 Å². The number of thioether (sulfide) groups is 1. The highest BCUT2D eigenvalue weighted by Crippen LogP contribution is 2.69. The molecule has 26 heavy (non-hydrogen) atoms. The van der Waals surface area contributed by atoms with Gasteiger partial charge in [-0.05, 0) is 37.6 Å². The number of benzene rings is 1. The first-order valence-electron chi connectivity index (χ1n) is 8.21. The summed E-state index contributed by atoms with van der Waals surface area (Å²) in [5, 5.41) is 9.99. The Labute approximate surface area is 164 Å². The van der Waals surface area contributed by atoms with Gasteiger partial charge in [0.2, 0.25) is 0 Å². The number of carbonyl (C=O) groups excluding carboxylic acids is 2. The predicted molar refractivity (Wildman–Crippen MR) is 100 cm³/mol. The van der Waals surface area contributed by atoms with Crippen LogP contribution in [0, 0.1) is 16.7 Å². The number of nitriles is 1. The highest BCUT2D eigenvalue weighted by atomic mass is 79.9. The number of halogens is 1. The highest BCUT2D eigenvalue weighted by molar-refractivity contribution is 9.10. The van der Waals surface area contributed by atoms with Gasteiger partial charge in [-0.15, -0.1) is 0 Å². The maximum Gasteiger partial charge on any atom is 0.261 e. The molecule has 136 valence electrons. The first kappa shape index (κ1) is 17.7. The van der Waals surface area contributed by atoms with Gasteiger partial charge in [-0.3, -0.25) is 9.59 Å². The van der Waals surface area contributed by atoms with Gasteiger partial charge in [0.1, 0.15) is 5.75 Å². The third kappa shape index (κ3) is 1.83. The molecule has 0 aliphatic carbocycles. The first-order chi connectivity index (χ1) is 12.1. The van der Waals surface area contributed by atoms with Crippen LogP contribution in [0.2, 0.25) is 0 Å². The molecule has 1 aromatic carbocycles. The van der Waals surface area contributed by atoms with Crippen molar-refractivity contribution in [2.24, 2.45) is 5.41 Å². The molecule has 1 spiro atoms. The predicted octanol–water partition coefficient (Wildman–Crippen LogP) is 2.89. The van der Waals surface area contributed by atoms with Gasteiger partial charge in [0.15, 0.2) is 9.74 Å². The van der Waals surface area contributed by atoms with E-state index in [9.17, 15) is 14.9 Å². The second-order valence-corrected chi connectivity index (χ2v) is 9.93. The van der Waals surface area contributed by atoms with E-state index in [0.29, 0.717) is 12.2 Å². The molecule has 3 fully saturated rings. The van der Waals surface area contributed by atoms with Gasteiger partial charge in [0.25, 0.3) is 11.8 Å². The van der Waals surface area contributed by atoms with E-state index >= 15 is 0 Å². The standard InChI is InChI=1S/C18H18BrN3O3S/c1-16(9-20)8-18-15(24)21(3)17(2,26-18)14(23)22(18)13(16)11-7-10(25-4)5-6-12(11)19/h5-7,13H,8H2,1-4H3/t13-,16+,17-,18-/m0/s1. The van der Waals surface area contributed by atoms with Crippen molar-refractivity contribution in [3.8, 4) is 11.8 Å². The quantitative estimate of drug-likeness (QED) is 0.713. The number of carbonyl (C=O) groups is 2. The Balaban J connectivity index is 1.95. The Kier molecular flexibility index (Phi) is 3.52. The normalized spacial score (nSPS) is 37.9. The number of fused-ring (bicyclic) bond motifs is 1. The van der Waals surface area contributed by atoms with Gasteiger partial charge >= 0.3 is 0 Å². The Morgan fingerprint density at radius 3 is 2.65 bits per heavy atom. The third-order valence-electron chi connectivity index (χ3n) is 5.87. The number of nitrogens with zero attached hydrogens (tertiary/aromatic N) is 3. The number of likely N-dealkylation sites (N-methyl/N-ethyl adjacent to an activating group) is 1. The molecular weight excluding hydrogens is 418 g/mol. The zero-order chi connectivity index (χ0) is 19.1. The molecule has 3 aliphatic rings. The van der Waals surface area contributed by atoms with Crippen LogP contribution >= 0.6 is 27.7 Å². The van der Waals surface area contributed by atoms with Crippen LogP contribution in [0.5, 0.6) is 5.75 Å². The van der Waals surface area contributed by atoms with Crippen molar-refractivity contribution in [3.05, 3.63) is 28.2 Å². The Morgan fingerprint density at radius 1 is 1.35 bits per heavy atom. The topological polar surface area (TPSA) is 73.6 Å².